The first kappa shape index (κ1) is 19.9. The van der Waals surface area contributed by atoms with Crippen molar-refractivity contribution in [1.82, 2.24) is 10.6 Å². The van der Waals surface area contributed by atoms with Crippen LogP contribution in [0.2, 0.25) is 0 Å². The van der Waals surface area contributed by atoms with E-state index in [1.54, 1.807) is 0 Å². The number of ether oxygens (including phenoxy) is 1. The third-order valence-electron chi connectivity index (χ3n) is 4.13. The van der Waals surface area contributed by atoms with Gasteiger partial charge in [-0.1, -0.05) is 30.3 Å². The second-order valence-corrected chi connectivity index (χ2v) is 6.20. The maximum absolute atomic E-state index is 11.9. The van der Waals surface area contributed by atoms with Crippen molar-refractivity contribution in [3.05, 3.63) is 35.9 Å². The van der Waals surface area contributed by atoms with Crippen LogP contribution < -0.4 is 10.6 Å². The van der Waals surface area contributed by atoms with Crippen molar-refractivity contribution in [2.24, 2.45) is 5.92 Å². The summed E-state index contributed by atoms with van der Waals surface area (Å²) in [6.07, 6.45) is 4.03. The van der Waals surface area contributed by atoms with Crippen LogP contribution in [0.5, 0.6) is 0 Å². The second-order valence-electron chi connectivity index (χ2n) is 6.20. The van der Waals surface area contributed by atoms with E-state index in [0.717, 1.165) is 25.1 Å². The van der Waals surface area contributed by atoms with Crippen molar-refractivity contribution in [2.45, 2.75) is 45.3 Å². The summed E-state index contributed by atoms with van der Waals surface area (Å²) in [7, 11) is 0. The topological polar surface area (TPSA) is 50.4 Å². The van der Waals surface area contributed by atoms with E-state index in [1.807, 2.05) is 37.3 Å². The highest BCUT2D eigenvalue weighted by molar-refractivity contribution is 5.85. The fraction of sp³-hybridized carbons (Fsp3) is 0.611. The van der Waals surface area contributed by atoms with Gasteiger partial charge in [0.2, 0.25) is 5.91 Å². The molecule has 23 heavy (non-hydrogen) atoms. The van der Waals surface area contributed by atoms with Gasteiger partial charge in [0.25, 0.3) is 0 Å². The number of hydrogen-bond donors (Lipinski definition) is 2. The van der Waals surface area contributed by atoms with Gasteiger partial charge in [-0.2, -0.15) is 0 Å². The summed E-state index contributed by atoms with van der Waals surface area (Å²) in [4.78, 5) is 11.9. The van der Waals surface area contributed by atoms with Crippen LogP contribution in [0.1, 0.15) is 38.2 Å². The molecule has 1 atom stereocenters. The third kappa shape index (κ3) is 8.35. The number of carbonyl (C=O) groups excluding carboxylic acids is 1. The molecule has 1 aromatic rings. The van der Waals surface area contributed by atoms with Gasteiger partial charge in [-0.15, -0.1) is 12.4 Å². The van der Waals surface area contributed by atoms with Gasteiger partial charge in [0.1, 0.15) is 0 Å². The lowest BCUT2D eigenvalue weighted by Crippen LogP contribution is -2.36. The molecule has 5 heteroatoms. The second kappa shape index (κ2) is 11.4. The van der Waals surface area contributed by atoms with Crippen LogP contribution in [0.3, 0.4) is 0 Å². The van der Waals surface area contributed by atoms with Crippen LogP contribution in [0.25, 0.3) is 0 Å². The summed E-state index contributed by atoms with van der Waals surface area (Å²) >= 11 is 0. The molecule has 0 bridgehead atoms. The molecule has 1 heterocycles. The molecule has 1 saturated heterocycles. The monoisotopic (exact) mass is 340 g/mol. The molecule has 0 aliphatic carbocycles. The fourth-order valence-corrected chi connectivity index (χ4v) is 2.82. The van der Waals surface area contributed by atoms with Gasteiger partial charge in [0.15, 0.2) is 0 Å². The minimum atomic E-state index is 0. The molecule has 2 N–H and O–H groups in total. The minimum absolute atomic E-state index is 0. The fourth-order valence-electron chi connectivity index (χ4n) is 2.82. The molecule has 130 valence electrons. The number of hydrogen-bond acceptors (Lipinski definition) is 3. The third-order valence-corrected chi connectivity index (χ3v) is 4.13. The van der Waals surface area contributed by atoms with E-state index in [9.17, 15) is 4.79 Å². The Balaban J connectivity index is 0.00000264. The number of rotatable bonds is 8. The number of halogens is 1. The van der Waals surface area contributed by atoms with Crippen molar-refractivity contribution in [1.29, 1.82) is 0 Å². The van der Waals surface area contributed by atoms with Gasteiger partial charge >= 0.3 is 0 Å². The van der Waals surface area contributed by atoms with E-state index < -0.39 is 0 Å². The molecule has 1 aromatic carbocycles. The van der Waals surface area contributed by atoms with Crippen LogP contribution >= 0.6 is 12.4 Å². The molecule has 1 aliphatic heterocycles. The van der Waals surface area contributed by atoms with Crippen LogP contribution in [-0.2, 0) is 16.1 Å². The number of benzene rings is 1. The quantitative estimate of drug-likeness (QED) is 0.765. The van der Waals surface area contributed by atoms with Crippen LogP contribution in [0, 0.1) is 5.92 Å². The zero-order chi connectivity index (χ0) is 15.6. The van der Waals surface area contributed by atoms with Crippen molar-refractivity contribution in [2.75, 3.05) is 19.7 Å². The molecule has 2 rings (SSSR count). The lowest BCUT2D eigenvalue weighted by atomic mass is 9.93. The zero-order valence-corrected chi connectivity index (χ0v) is 14.7. The number of piperidine rings is 1. The average Bonchev–Trinajstić information content (AvgIpc) is 2.55. The van der Waals surface area contributed by atoms with Crippen molar-refractivity contribution >= 4 is 18.3 Å². The van der Waals surface area contributed by atoms with Crippen molar-refractivity contribution < 1.29 is 9.53 Å². The van der Waals surface area contributed by atoms with Crippen LogP contribution in [0.15, 0.2) is 30.3 Å². The summed E-state index contributed by atoms with van der Waals surface area (Å²) in [5.74, 6) is 0.853. The molecule has 0 aromatic heterocycles. The normalized spacial score (nSPS) is 16.4. The number of nitrogens with one attached hydrogen (secondary N) is 2. The molecule has 0 radical (unpaired) electrons. The Labute approximate surface area is 145 Å². The van der Waals surface area contributed by atoms with E-state index in [4.69, 9.17) is 4.74 Å². The molecule has 1 aliphatic rings. The Bertz CT molecular complexity index is 436. The standard InChI is InChI=1S/C18H28N2O2.ClH/c1-15(13-22-14-17-5-3-2-4-6-17)20-18(21)8-7-16-9-11-19-12-10-16;/h2-6,15-16,19H,7-14H2,1H3,(H,20,21);1H. The molecule has 4 nitrogen and oxygen atoms in total. The van der Waals surface area contributed by atoms with E-state index in [0.29, 0.717) is 25.6 Å². The van der Waals surface area contributed by atoms with E-state index in [2.05, 4.69) is 10.6 Å². The first-order valence-corrected chi connectivity index (χ1v) is 8.36. The van der Waals surface area contributed by atoms with Gasteiger partial charge in [0.05, 0.1) is 13.2 Å². The molecule has 0 spiro atoms. The highest BCUT2D eigenvalue weighted by Gasteiger charge is 2.15. The smallest absolute Gasteiger partial charge is 0.220 e. The molecule has 0 saturated carbocycles. The Morgan fingerprint density at radius 1 is 1.30 bits per heavy atom. The van der Waals surface area contributed by atoms with E-state index in [-0.39, 0.29) is 24.4 Å². The molecular weight excluding hydrogens is 312 g/mol. The predicted octanol–water partition coefficient (Wildman–Crippen LogP) is 2.91. The maximum Gasteiger partial charge on any atom is 0.220 e. The Hall–Kier alpha value is -1.10. The maximum atomic E-state index is 11.9. The average molecular weight is 341 g/mol. The number of amides is 1. The van der Waals surface area contributed by atoms with Crippen molar-refractivity contribution in [3.8, 4) is 0 Å². The van der Waals surface area contributed by atoms with Gasteiger partial charge in [-0.25, -0.2) is 0 Å². The lowest BCUT2D eigenvalue weighted by Gasteiger charge is -2.22. The first-order chi connectivity index (χ1) is 10.7. The van der Waals surface area contributed by atoms with Gasteiger partial charge < -0.3 is 15.4 Å². The summed E-state index contributed by atoms with van der Waals surface area (Å²) in [5, 5.41) is 6.38. The SMILES string of the molecule is CC(COCc1ccccc1)NC(=O)CCC1CCNCC1.Cl. The number of carbonyl (C=O) groups is 1. The Kier molecular flexibility index (Phi) is 9.92. The summed E-state index contributed by atoms with van der Waals surface area (Å²) < 4.78 is 5.65. The Morgan fingerprint density at radius 3 is 2.70 bits per heavy atom. The minimum Gasteiger partial charge on any atom is -0.375 e. The Morgan fingerprint density at radius 2 is 2.00 bits per heavy atom. The predicted molar refractivity (Wildman–Crippen MR) is 95.8 cm³/mol. The zero-order valence-electron chi connectivity index (χ0n) is 13.9. The summed E-state index contributed by atoms with van der Waals surface area (Å²) in [6, 6.07) is 10.2. The van der Waals surface area contributed by atoms with E-state index in [1.165, 1.54) is 12.8 Å². The summed E-state index contributed by atoms with van der Waals surface area (Å²) in [5.41, 5.74) is 1.16. The van der Waals surface area contributed by atoms with Crippen LogP contribution in [-0.4, -0.2) is 31.6 Å². The molecular formula is C18H29ClN2O2. The summed E-state index contributed by atoms with van der Waals surface area (Å²) in [6.45, 7) is 5.32. The molecule has 1 unspecified atom stereocenters. The van der Waals surface area contributed by atoms with Crippen molar-refractivity contribution in [3.63, 3.8) is 0 Å². The van der Waals surface area contributed by atoms with Crippen LogP contribution in [0.4, 0.5) is 0 Å². The molecule has 1 amide bonds. The first-order valence-electron chi connectivity index (χ1n) is 8.36. The highest BCUT2D eigenvalue weighted by Crippen LogP contribution is 2.17. The largest absolute Gasteiger partial charge is 0.375 e. The van der Waals surface area contributed by atoms with Gasteiger partial charge in [0, 0.05) is 12.5 Å². The molecule has 1 fully saturated rings. The highest BCUT2D eigenvalue weighted by atomic mass is 35.5. The lowest BCUT2D eigenvalue weighted by molar-refractivity contribution is -0.122. The van der Waals surface area contributed by atoms with Gasteiger partial charge in [-0.3, -0.25) is 4.79 Å². The van der Waals surface area contributed by atoms with E-state index >= 15 is 0 Å². The van der Waals surface area contributed by atoms with Gasteiger partial charge in [-0.05, 0) is 50.8 Å².